The van der Waals surface area contributed by atoms with Crippen molar-refractivity contribution in [3.8, 4) is 0 Å². The molecule has 0 spiro atoms. The highest BCUT2D eigenvalue weighted by atomic mass is 32.2. The van der Waals surface area contributed by atoms with Crippen molar-refractivity contribution in [3.05, 3.63) is 81.5 Å². The lowest BCUT2D eigenvalue weighted by Gasteiger charge is -2.40. The van der Waals surface area contributed by atoms with E-state index in [2.05, 4.69) is 0 Å². The van der Waals surface area contributed by atoms with Gasteiger partial charge in [-0.15, -0.1) is 0 Å². The SMILES string of the molecule is O=C1CC(c2ccccc2)N(S(=O)(=O)c2ccccc2[N+](=O)[O-])C2=C1CCCCCC2. The van der Waals surface area contributed by atoms with Crippen LogP contribution in [-0.2, 0) is 14.8 Å². The lowest BCUT2D eigenvalue weighted by molar-refractivity contribution is -0.387. The molecule has 7 nitrogen and oxygen atoms in total. The fraction of sp³-hybridized carbons (Fsp3) is 0.348. The predicted molar refractivity (Wildman–Crippen MR) is 116 cm³/mol. The van der Waals surface area contributed by atoms with Crippen molar-refractivity contribution in [3.63, 3.8) is 0 Å². The third-order valence-electron chi connectivity index (χ3n) is 5.99. The highest BCUT2D eigenvalue weighted by Crippen LogP contribution is 2.44. The van der Waals surface area contributed by atoms with E-state index in [0.29, 0.717) is 29.7 Å². The predicted octanol–water partition coefficient (Wildman–Crippen LogP) is 4.91. The molecule has 0 aromatic heterocycles. The standard InChI is InChI=1S/C23H24N2O5S/c26-22-16-21(17-10-4-3-5-11-17)24(19-13-7-2-1-6-12-18(19)22)31(29,30)23-15-9-8-14-20(23)25(27)28/h3-5,8-11,14-15,21H,1-2,6-7,12-13,16H2. The zero-order valence-corrected chi connectivity index (χ0v) is 17.9. The number of hydrogen-bond donors (Lipinski definition) is 0. The van der Waals surface area contributed by atoms with Crippen LogP contribution in [0.3, 0.4) is 0 Å². The Hall–Kier alpha value is -3.00. The minimum atomic E-state index is -4.28. The molecule has 0 fully saturated rings. The molecule has 31 heavy (non-hydrogen) atoms. The van der Waals surface area contributed by atoms with Crippen molar-refractivity contribution >= 4 is 21.5 Å². The van der Waals surface area contributed by atoms with Crippen molar-refractivity contribution in [1.29, 1.82) is 0 Å². The van der Waals surface area contributed by atoms with Crippen LogP contribution in [0.4, 0.5) is 5.69 Å². The average Bonchev–Trinajstić information content (AvgIpc) is 2.74. The Morgan fingerprint density at radius 2 is 1.55 bits per heavy atom. The fourth-order valence-corrected chi connectivity index (χ4v) is 6.42. The van der Waals surface area contributed by atoms with Crippen molar-refractivity contribution in [2.24, 2.45) is 0 Å². The maximum absolute atomic E-state index is 13.9. The second-order valence-electron chi connectivity index (χ2n) is 7.92. The van der Waals surface area contributed by atoms with E-state index in [1.54, 1.807) is 24.3 Å². The quantitative estimate of drug-likeness (QED) is 0.497. The summed E-state index contributed by atoms with van der Waals surface area (Å²) in [5.74, 6) is -0.0280. The highest BCUT2D eigenvalue weighted by Gasteiger charge is 2.43. The Balaban J connectivity index is 1.94. The Morgan fingerprint density at radius 1 is 0.903 bits per heavy atom. The molecule has 2 aromatic carbocycles. The van der Waals surface area contributed by atoms with Gasteiger partial charge in [-0.3, -0.25) is 19.2 Å². The first-order valence-corrected chi connectivity index (χ1v) is 11.9. The molecule has 1 aliphatic carbocycles. The second-order valence-corrected chi connectivity index (χ2v) is 9.70. The van der Waals surface area contributed by atoms with Crippen LogP contribution in [0.2, 0.25) is 0 Å². The van der Waals surface area contributed by atoms with Crippen LogP contribution >= 0.6 is 0 Å². The van der Waals surface area contributed by atoms with E-state index >= 15 is 0 Å². The Bertz CT molecular complexity index is 1140. The summed E-state index contributed by atoms with van der Waals surface area (Å²) in [6.45, 7) is 0. The first-order valence-electron chi connectivity index (χ1n) is 10.5. The summed E-state index contributed by atoms with van der Waals surface area (Å²) in [7, 11) is -4.28. The largest absolute Gasteiger partial charge is 0.294 e. The van der Waals surface area contributed by atoms with Gasteiger partial charge < -0.3 is 0 Å². The van der Waals surface area contributed by atoms with Crippen LogP contribution in [0.5, 0.6) is 0 Å². The topological polar surface area (TPSA) is 97.6 Å². The third kappa shape index (κ3) is 3.99. The van der Waals surface area contributed by atoms with Gasteiger partial charge in [-0.1, -0.05) is 55.3 Å². The number of rotatable bonds is 4. The van der Waals surface area contributed by atoms with Gasteiger partial charge in [0.1, 0.15) is 0 Å². The summed E-state index contributed by atoms with van der Waals surface area (Å²) in [5, 5.41) is 11.6. The molecule has 1 unspecified atom stereocenters. The maximum Gasteiger partial charge on any atom is 0.289 e. The lowest BCUT2D eigenvalue weighted by atomic mass is 9.86. The van der Waals surface area contributed by atoms with E-state index in [4.69, 9.17) is 0 Å². The van der Waals surface area contributed by atoms with Crippen LogP contribution in [0, 0.1) is 10.1 Å². The average molecular weight is 441 g/mol. The number of nitro benzene ring substituents is 1. The number of ketones is 1. The van der Waals surface area contributed by atoms with Crippen LogP contribution in [-0.4, -0.2) is 23.4 Å². The molecular weight excluding hydrogens is 416 g/mol. The first-order chi connectivity index (χ1) is 14.9. The normalized spacial score (nSPS) is 20.1. The molecule has 4 rings (SSSR count). The van der Waals surface area contributed by atoms with Gasteiger partial charge in [0.15, 0.2) is 10.7 Å². The molecule has 2 aliphatic rings. The van der Waals surface area contributed by atoms with E-state index in [1.807, 2.05) is 6.07 Å². The number of carbonyl (C=O) groups is 1. The van der Waals surface area contributed by atoms with E-state index in [1.165, 1.54) is 28.6 Å². The van der Waals surface area contributed by atoms with E-state index < -0.39 is 26.7 Å². The van der Waals surface area contributed by atoms with E-state index in [9.17, 15) is 23.3 Å². The molecular formula is C23H24N2O5S. The second kappa shape index (κ2) is 8.63. The van der Waals surface area contributed by atoms with Crippen LogP contribution in [0.25, 0.3) is 0 Å². The van der Waals surface area contributed by atoms with Gasteiger partial charge in [0.2, 0.25) is 0 Å². The van der Waals surface area contributed by atoms with Gasteiger partial charge >= 0.3 is 0 Å². The van der Waals surface area contributed by atoms with Crippen LogP contribution in [0.1, 0.15) is 56.6 Å². The van der Waals surface area contributed by atoms with Gasteiger partial charge in [-0.05, 0) is 37.3 Å². The van der Waals surface area contributed by atoms with Gasteiger partial charge in [0.05, 0.1) is 11.0 Å². The molecule has 0 radical (unpaired) electrons. The van der Waals surface area contributed by atoms with Crippen molar-refractivity contribution in [2.45, 2.75) is 55.9 Å². The zero-order chi connectivity index (χ0) is 22.0. The van der Waals surface area contributed by atoms with Crippen LogP contribution in [0.15, 0.2) is 70.8 Å². The van der Waals surface area contributed by atoms with Gasteiger partial charge in [-0.2, -0.15) is 0 Å². The van der Waals surface area contributed by atoms with E-state index in [-0.39, 0.29) is 17.1 Å². The smallest absolute Gasteiger partial charge is 0.289 e. The van der Waals surface area contributed by atoms with Crippen molar-refractivity contribution in [2.75, 3.05) is 0 Å². The first kappa shape index (κ1) is 21.2. The zero-order valence-electron chi connectivity index (χ0n) is 17.1. The summed E-state index contributed by atoms with van der Waals surface area (Å²) in [6.07, 6.45) is 4.60. The minimum Gasteiger partial charge on any atom is -0.294 e. The summed E-state index contributed by atoms with van der Waals surface area (Å²) < 4.78 is 29.2. The molecule has 2 aromatic rings. The Labute approximate surface area is 181 Å². The number of Topliss-reactive ketones (excluding diaryl/α,β-unsaturated/α-hetero) is 1. The molecule has 1 atom stereocenters. The van der Waals surface area contributed by atoms with Gasteiger partial charge in [0.25, 0.3) is 15.7 Å². The lowest BCUT2D eigenvalue weighted by Crippen LogP contribution is -2.40. The van der Waals surface area contributed by atoms with Crippen molar-refractivity contribution in [1.82, 2.24) is 4.31 Å². The molecule has 0 amide bonds. The van der Waals surface area contributed by atoms with Crippen molar-refractivity contribution < 1.29 is 18.1 Å². The van der Waals surface area contributed by atoms with Gasteiger partial charge in [0, 0.05) is 23.8 Å². The Kier molecular flexibility index (Phi) is 5.91. The molecule has 162 valence electrons. The summed E-state index contributed by atoms with van der Waals surface area (Å²) in [4.78, 5) is 23.7. The molecule has 0 bridgehead atoms. The number of benzene rings is 2. The molecule has 1 aliphatic heterocycles. The summed E-state index contributed by atoms with van der Waals surface area (Å²) in [6, 6.07) is 13.7. The molecule has 8 heteroatoms. The summed E-state index contributed by atoms with van der Waals surface area (Å²) >= 11 is 0. The van der Waals surface area contributed by atoms with E-state index in [0.717, 1.165) is 25.7 Å². The number of para-hydroxylation sites is 1. The molecule has 1 heterocycles. The van der Waals surface area contributed by atoms with Gasteiger partial charge in [-0.25, -0.2) is 8.42 Å². The number of nitro groups is 1. The monoisotopic (exact) mass is 440 g/mol. The number of sulfonamides is 1. The molecule has 0 N–H and O–H groups in total. The third-order valence-corrected chi connectivity index (χ3v) is 7.88. The number of allylic oxidation sites excluding steroid dienone is 2. The molecule has 0 saturated heterocycles. The number of hydrogen-bond acceptors (Lipinski definition) is 5. The van der Waals surface area contributed by atoms with Crippen LogP contribution < -0.4 is 0 Å². The maximum atomic E-state index is 13.9. The summed E-state index contributed by atoms with van der Waals surface area (Å²) in [5.41, 5.74) is 1.31. The Morgan fingerprint density at radius 3 is 2.26 bits per heavy atom. The molecule has 0 saturated carbocycles. The number of carbonyl (C=O) groups excluding carboxylic acids is 1. The fourth-order valence-electron chi connectivity index (χ4n) is 4.53. The highest BCUT2D eigenvalue weighted by molar-refractivity contribution is 7.89. The number of nitrogens with zero attached hydrogens (tertiary/aromatic N) is 2. The minimum absolute atomic E-state index is 0.0280.